The first kappa shape index (κ1) is 14.6. The molecule has 1 aromatic heterocycles. The highest BCUT2D eigenvalue weighted by atomic mass is 79.9. The highest BCUT2D eigenvalue weighted by Crippen LogP contribution is 2.34. The molecule has 0 amide bonds. The fourth-order valence-corrected chi connectivity index (χ4v) is 1.95. The molecule has 3 nitrogen and oxygen atoms in total. The second kappa shape index (κ2) is 5.32. The van der Waals surface area contributed by atoms with E-state index < -0.39 is 11.9 Å². The van der Waals surface area contributed by atoms with Crippen LogP contribution in [0.3, 0.4) is 0 Å². The minimum atomic E-state index is -4.51. The quantitative estimate of drug-likeness (QED) is 0.842. The van der Waals surface area contributed by atoms with Gasteiger partial charge in [0, 0.05) is 4.47 Å². The third-order valence-electron chi connectivity index (χ3n) is 2.62. The van der Waals surface area contributed by atoms with Crippen molar-refractivity contribution in [2.45, 2.75) is 13.1 Å². The number of anilines is 3. The van der Waals surface area contributed by atoms with Crippen LogP contribution in [0, 0.1) is 6.92 Å². The van der Waals surface area contributed by atoms with E-state index in [1.165, 1.54) is 0 Å². The molecule has 0 aliphatic heterocycles. The predicted molar refractivity (Wildman–Crippen MR) is 75.8 cm³/mol. The van der Waals surface area contributed by atoms with Gasteiger partial charge in [-0.3, -0.25) is 0 Å². The molecule has 7 heteroatoms. The molecule has 0 aliphatic carbocycles. The molecular weight excluding hydrogens is 335 g/mol. The Bertz CT molecular complexity index is 641. The van der Waals surface area contributed by atoms with Crippen LogP contribution in [0.4, 0.5) is 30.2 Å². The second-order valence-electron chi connectivity index (χ2n) is 4.26. The van der Waals surface area contributed by atoms with E-state index in [1.807, 2.05) is 13.0 Å². The number of nitrogens with one attached hydrogen (secondary N) is 1. The summed E-state index contributed by atoms with van der Waals surface area (Å²) in [4.78, 5) is 3.29. The molecule has 0 unspecified atom stereocenters. The number of aryl methyl sites for hydroxylation is 1. The SMILES string of the molecule is Cc1ccc(Br)c(Nc2cc(C(F)(F)F)ncc2N)c1. The van der Waals surface area contributed by atoms with Gasteiger partial charge in [-0.05, 0) is 46.6 Å². The summed E-state index contributed by atoms with van der Waals surface area (Å²) in [5, 5.41) is 2.88. The molecule has 0 radical (unpaired) electrons. The van der Waals surface area contributed by atoms with Crippen molar-refractivity contribution < 1.29 is 13.2 Å². The fraction of sp³-hybridized carbons (Fsp3) is 0.154. The number of hydrogen-bond donors (Lipinski definition) is 2. The van der Waals surface area contributed by atoms with Crippen LogP contribution in [0.2, 0.25) is 0 Å². The van der Waals surface area contributed by atoms with Crippen LogP contribution in [0.5, 0.6) is 0 Å². The van der Waals surface area contributed by atoms with Gasteiger partial charge in [0.25, 0.3) is 0 Å². The highest BCUT2D eigenvalue weighted by Gasteiger charge is 2.33. The molecule has 0 fully saturated rings. The smallest absolute Gasteiger partial charge is 0.396 e. The van der Waals surface area contributed by atoms with E-state index >= 15 is 0 Å². The van der Waals surface area contributed by atoms with Crippen molar-refractivity contribution in [2.75, 3.05) is 11.1 Å². The van der Waals surface area contributed by atoms with Crippen LogP contribution in [0.25, 0.3) is 0 Å². The van der Waals surface area contributed by atoms with Crippen molar-refractivity contribution in [1.82, 2.24) is 4.98 Å². The van der Waals surface area contributed by atoms with E-state index in [1.54, 1.807) is 12.1 Å². The fourth-order valence-electron chi connectivity index (χ4n) is 1.61. The molecule has 0 aliphatic rings. The maximum Gasteiger partial charge on any atom is 0.433 e. The summed E-state index contributed by atoms with van der Waals surface area (Å²) in [6, 6.07) is 6.38. The number of halogens is 4. The molecule has 0 bridgehead atoms. The Labute approximate surface area is 122 Å². The number of nitrogen functional groups attached to an aromatic ring is 1. The number of benzene rings is 1. The van der Waals surface area contributed by atoms with Crippen LogP contribution in [0.15, 0.2) is 34.9 Å². The van der Waals surface area contributed by atoms with Gasteiger partial charge in [0.2, 0.25) is 0 Å². The van der Waals surface area contributed by atoms with Crippen molar-refractivity contribution in [2.24, 2.45) is 0 Å². The van der Waals surface area contributed by atoms with Crippen molar-refractivity contribution in [3.63, 3.8) is 0 Å². The summed E-state index contributed by atoms with van der Waals surface area (Å²) in [6.07, 6.45) is -3.51. The standard InChI is InChI=1S/C13H11BrF3N3/c1-7-2-3-8(14)10(4-7)20-11-5-12(13(15,16)17)19-6-9(11)18/h2-6H,18H2,1H3,(H,19,20). The lowest BCUT2D eigenvalue weighted by atomic mass is 10.2. The van der Waals surface area contributed by atoms with Gasteiger partial charge in [0.05, 0.1) is 23.3 Å². The third kappa shape index (κ3) is 3.22. The van der Waals surface area contributed by atoms with Gasteiger partial charge in [0.1, 0.15) is 5.69 Å². The van der Waals surface area contributed by atoms with Gasteiger partial charge in [-0.15, -0.1) is 0 Å². The summed E-state index contributed by atoms with van der Waals surface area (Å²) in [5.41, 5.74) is 6.59. The van der Waals surface area contributed by atoms with E-state index in [9.17, 15) is 13.2 Å². The third-order valence-corrected chi connectivity index (χ3v) is 3.31. The Morgan fingerprint density at radius 2 is 1.90 bits per heavy atom. The number of alkyl halides is 3. The summed E-state index contributed by atoms with van der Waals surface area (Å²) in [5.74, 6) is 0. The molecule has 3 N–H and O–H groups in total. The van der Waals surface area contributed by atoms with Crippen molar-refractivity contribution in [1.29, 1.82) is 0 Å². The maximum absolute atomic E-state index is 12.6. The van der Waals surface area contributed by atoms with Gasteiger partial charge in [-0.25, -0.2) is 4.98 Å². The number of hydrogen-bond acceptors (Lipinski definition) is 3. The first-order valence-corrected chi connectivity index (χ1v) is 6.42. The van der Waals surface area contributed by atoms with Gasteiger partial charge >= 0.3 is 6.18 Å². The minimum Gasteiger partial charge on any atom is -0.396 e. The van der Waals surface area contributed by atoms with E-state index in [0.717, 1.165) is 22.3 Å². The predicted octanol–water partition coefficient (Wildman–Crippen LogP) is 4.50. The lowest BCUT2D eigenvalue weighted by molar-refractivity contribution is -0.141. The number of pyridine rings is 1. The van der Waals surface area contributed by atoms with Crippen molar-refractivity contribution in [3.05, 3.63) is 46.2 Å². The molecule has 0 saturated heterocycles. The van der Waals surface area contributed by atoms with E-state index in [4.69, 9.17) is 5.73 Å². The Balaban J connectivity index is 2.40. The number of rotatable bonds is 2. The second-order valence-corrected chi connectivity index (χ2v) is 5.12. The van der Waals surface area contributed by atoms with Crippen molar-refractivity contribution >= 4 is 33.0 Å². The van der Waals surface area contributed by atoms with E-state index in [-0.39, 0.29) is 11.4 Å². The number of nitrogens with two attached hydrogens (primary N) is 1. The zero-order chi connectivity index (χ0) is 14.9. The zero-order valence-corrected chi connectivity index (χ0v) is 12.0. The Hall–Kier alpha value is -1.76. The Morgan fingerprint density at radius 1 is 1.20 bits per heavy atom. The first-order chi connectivity index (χ1) is 9.27. The molecular formula is C13H11BrF3N3. The zero-order valence-electron chi connectivity index (χ0n) is 10.4. The van der Waals surface area contributed by atoms with Gasteiger partial charge in [0.15, 0.2) is 0 Å². The average molecular weight is 346 g/mol. The summed E-state index contributed by atoms with van der Waals surface area (Å²) in [7, 11) is 0. The molecule has 106 valence electrons. The van der Waals surface area contributed by atoms with Crippen LogP contribution >= 0.6 is 15.9 Å². The average Bonchev–Trinajstić information content (AvgIpc) is 2.35. The molecule has 0 spiro atoms. The topological polar surface area (TPSA) is 50.9 Å². The Morgan fingerprint density at radius 3 is 2.55 bits per heavy atom. The first-order valence-electron chi connectivity index (χ1n) is 5.63. The maximum atomic E-state index is 12.6. The van der Waals surface area contributed by atoms with Crippen LogP contribution in [-0.4, -0.2) is 4.98 Å². The summed E-state index contributed by atoms with van der Waals surface area (Å²) < 4.78 is 38.7. The normalized spacial score (nSPS) is 11.4. The molecule has 20 heavy (non-hydrogen) atoms. The number of nitrogens with zero attached hydrogens (tertiary/aromatic N) is 1. The lowest BCUT2D eigenvalue weighted by Crippen LogP contribution is -2.09. The van der Waals surface area contributed by atoms with E-state index in [0.29, 0.717) is 5.69 Å². The number of aromatic nitrogens is 1. The molecule has 1 heterocycles. The van der Waals surface area contributed by atoms with E-state index in [2.05, 4.69) is 26.2 Å². The summed E-state index contributed by atoms with van der Waals surface area (Å²) >= 11 is 3.33. The summed E-state index contributed by atoms with van der Waals surface area (Å²) in [6.45, 7) is 1.88. The molecule has 0 atom stereocenters. The van der Waals surface area contributed by atoms with Crippen LogP contribution in [-0.2, 0) is 6.18 Å². The minimum absolute atomic E-state index is 0.145. The van der Waals surface area contributed by atoms with Gasteiger partial charge in [-0.1, -0.05) is 6.07 Å². The molecule has 1 aromatic carbocycles. The van der Waals surface area contributed by atoms with Gasteiger partial charge in [-0.2, -0.15) is 13.2 Å². The lowest BCUT2D eigenvalue weighted by Gasteiger charge is -2.13. The molecule has 0 saturated carbocycles. The Kier molecular flexibility index (Phi) is 3.89. The largest absolute Gasteiger partial charge is 0.433 e. The molecule has 2 rings (SSSR count). The highest BCUT2D eigenvalue weighted by molar-refractivity contribution is 9.10. The van der Waals surface area contributed by atoms with Crippen molar-refractivity contribution in [3.8, 4) is 0 Å². The van der Waals surface area contributed by atoms with Crippen LogP contribution < -0.4 is 11.1 Å². The monoisotopic (exact) mass is 345 g/mol. The van der Waals surface area contributed by atoms with Gasteiger partial charge < -0.3 is 11.1 Å². The molecule has 2 aromatic rings. The van der Waals surface area contributed by atoms with Crippen LogP contribution in [0.1, 0.15) is 11.3 Å².